The van der Waals surface area contributed by atoms with Gasteiger partial charge < -0.3 is 10.6 Å². The Bertz CT molecular complexity index is 1600. The number of nitrogens with zero attached hydrogens (tertiary/aromatic N) is 4. The topological polar surface area (TPSA) is 86.5 Å². The molecule has 0 aliphatic carbocycles. The second-order valence-electron chi connectivity index (χ2n) is 7.72. The van der Waals surface area contributed by atoms with Crippen LogP contribution in [0.1, 0.15) is 22.9 Å². The van der Waals surface area contributed by atoms with Crippen LogP contribution in [0, 0.1) is 23.0 Å². The summed E-state index contributed by atoms with van der Waals surface area (Å²) in [6.07, 6.45) is 1.44. The highest BCUT2D eigenvalue weighted by Gasteiger charge is 2.21. The molecule has 0 aliphatic heterocycles. The smallest absolute Gasteiger partial charge is 0.141 e. The number of benzene rings is 3. The van der Waals surface area contributed by atoms with E-state index in [-0.39, 0.29) is 16.4 Å². The first-order chi connectivity index (χ1) is 17.4. The summed E-state index contributed by atoms with van der Waals surface area (Å²) in [5.74, 6) is -0.912. The molecular formula is C25H14Cl2F2N6S. The van der Waals surface area contributed by atoms with Crippen molar-refractivity contribution in [3.8, 4) is 6.07 Å². The van der Waals surface area contributed by atoms with Gasteiger partial charge in [0.05, 0.1) is 33.5 Å². The van der Waals surface area contributed by atoms with Crippen molar-refractivity contribution in [1.82, 2.24) is 14.6 Å². The van der Waals surface area contributed by atoms with E-state index in [1.807, 2.05) is 0 Å². The lowest BCUT2D eigenvalue weighted by atomic mass is 10.0. The lowest BCUT2D eigenvalue weighted by Gasteiger charge is -2.21. The average Bonchev–Trinajstić information content (AvgIpc) is 3.40. The minimum Gasteiger partial charge on any atom is -0.371 e. The predicted octanol–water partition coefficient (Wildman–Crippen LogP) is 7.49. The number of anilines is 3. The van der Waals surface area contributed by atoms with Crippen LogP contribution >= 0.6 is 34.7 Å². The van der Waals surface area contributed by atoms with Crippen LogP contribution < -0.4 is 10.6 Å². The van der Waals surface area contributed by atoms with Gasteiger partial charge in [-0.25, -0.2) is 8.78 Å². The van der Waals surface area contributed by atoms with Crippen LogP contribution in [0.3, 0.4) is 0 Å². The van der Waals surface area contributed by atoms with Gasteiger partial charge in [-0.15, -0.1) is 5.10 Å². The Hall–Kier alpha value is -3.84. The fourth-order valence-corrected chi connectivity index (χ4v) is 4.63. The Balaban J connectivity index is 1.63. The fraction of sp³-hybridized carbons (Fsp3) is 0.0400. The maximum atomic E-state index is 13.7. The molecule has 1 atom stereocenters. The summed E-state index contributed by atoms with van der Waals surface area (Å²) in [4.78, 5) is 4.51. The first kappa shape index (κ1) is 23.9. The molecule has 36 heavy (non-hydrogen) atoms. The molecule has 0 bridgehead atoms. The number of nitriles is 1. The van der Waals surface area contributed by atoms with Gasteiger partial charge in [-0.05, 0) is 59.6 Å². The van der Waals surface area contributed by atoms with Gasteiger partial charge in [0.2, 0.25) is 0 Å². The first-order valence-corrected chi connectivity index (χ1v) is 12.1. The molecule has 0 amide bonds. The van der Waals surface area contributed by atoms with E-state index >= 15 is 0 Å². The molecule has 178 valence electrons. The molecule has 0 saturated carbocycles. The molecule has 0 radical (unpaired) electrons. The minimum atomic E-state index is -0.555. The van der Waals surface area contributed by atoms with Crippen molar-refractivity contribution < 1.29 is 8.78 Å². The van der Waals surface area contributed by atoms with E-state index in [1.165, 1.54) is 48.1 Å². The van der Waals surface area contributed by atoms with E-state index in [2.05, 4.69) is 31.3 Å². The zero-order valence-electron chi connectivity index (χ0n) is 18.1. The number of fused-ring (bicyclic) bond motifs is 1. The molecular weight excluding hydrogens is 525 g/mol. The van der Waals surface area contributed by atoms with Crippen LogP contribution in [0.15, 0.2) is 66.2 Å². The van der Waals surface area contributed by atoms with Crippen molar-refractivity contribution in [2.75, 3.05) is 10.6 Å². The normalized spacial score (nSPS) is 11.8. The van der Waals surface area contributed by atoms with Gasteiger partial charge in [0.25, 0.3) is 0 Å². The third-order valence-electron chi connectivity index (χ3n) is 5.42. The molecule has 5 rings (SSSR count). The molecule has 6 nitrogen and oxygen atoms in total. The molecule has 0 fully saturated rings. The molecule has 2 aromatic heterocycles. The molecule has 0 aliphatic rings. The summed E-state index contributed by atoms with van der Waals surface area (Å²) >= 11 is 13.6. The van der Waals surface area contributed by atoms with Crippen molar-refractivity contribution >= 4 is 62.7 Å². The summed E-state index contributed by atoms with van der Waals surface area (Å²) in [6, 6.07) is 15.3. The highest BCUT2D eigenvalue weighted by Crippen LogP contribution is 2.37. The van der Waals surface area contributed by atoms with E-state index in [1.54, 1.807) is 29.6 Å². The van der Waals surface area contributed by atoms with Gasteiger partial charge in [0.1, 0.15) is 23.4 Å². The van der Waals surface area contributed by atoms with Crippen molar-refractivity contribution in [2.24, 2.45) is 0 Å². The van der Waals surface area contributed by atoms with Crippen LogP contribution in [0.25, 0.3) is 10.9 Å². The minimum absolute atomic E-state index is 0.0590. The van der Waals surface area contributed by atoms with Crippen molar-refractivity contribution in [3.05, 3.63) is 105 Å². The standard InChI is InChI=1S/C25H14Cl2F2N6S/c26-15-7-18-23(32-17-5-6-20(29)19(27)9-17)14(10-30)11-31-25(18)21(8-15)33-24(22-12-36-35-34-22)13-1-3-16(28)4-2-13/h1-9,11-12,24,33H,(H,31,32). The lowest BCUT2D eigenvalue weighted by molar-refractivity contribution is 0.626. The Morgan fingerprint density at radius 1 is 1.03 bits per heavy atom. The molecule has 1 unspecified atom stereocenters. The van der Waals surface area contributed by atoms with Crippen LogP contribution in [0.2, 0.25) is 10.0 Å². The molecule has 2 N–H and O–H groups in total. The van der Waals surface area contributed by atoms with Gasteiger partial charge >= 0.3 is 0 Å². The second kappa shape index (κ2) is 10.0. The van der Waals surface area contributed by atoms with Gasteiger partial charge in [-0.2, -0.15) is 5.26 Å². The summed E-state index contributed by atoms with van der Waals surface area (Å²) in [5, 5.41) is 23.1. The van der Waals surface area contributed by atoms with Crippen LogP contribution in [0.5, 0.6) is 0 Å². The molecule has 3 aromatic carbocycles. The van der Waals surface area contributed by atoms with Crippen LogP contribution in [0.4, 0.5) is 25.8 Å². The van der Waals surface area contributed by atoms with Gasteiger partial charge in [0, 0.05) is 27.7 Å². The number of hydrogen-bond donors (Lipinski definition) is 2. The van der Waals surface area contributed by atoms with E-state index in [0.29, 0.717) is 38.7 Å². The number of rotatable bonds is 6. The van der Waals surface area contributed by atoms with Crippen molar-refractivity contribution in [2.45, 2.75) is 6.04 Å². The van der Waals surface area contributed by atoms with Crippen molar-refractivity contribution in [3.63, 3.8) is 0 Å². The molecule has 5 aromatic rings. The van der Waals surface area contributed by atoms with Gasteiger partial charge in [-0.3, -0.25) is 4.98 Å². The zero-order valence-corrected chi connectivity index (χ0v) is 20.5. The number of hydrogen-bond acceptors (Lipinski definition) is 7. The quantitative estimate of drug-likeness (QED) is 0.233. The van der Waals surface area contributed by atoms with E-state index in [4.69, 9.17) is 23.2 Å². The number of pyridine rings is 1. The summed E-state index contributed by atoms with van der Waals surface area (Å²) in [5.41, 5.74) is 3.64. The predicted molar refractivity (Wildman–Crippen MR) is 138 cm³/mol. The summed E-state index contributed by atoms with van der Waals surface area (Å²) in [7, 11) is 0. The zero-order chi connectivity index (χ0) is 25.2. The third-order valence-corrected chi connectivity index (χ3v) is 6.45. The van der Waals surface area contributed by atoms with Crippen molar-refractivity contribution in [1.29, 1.82) is 5.26 Å². The Labute approximate surface area is 218 Å². The lowest BCUT2D eigenvalue weighted by Crippen LogP contribution is -2.14. The maximum absolute atomic E-state index is 13.7. The SMILES string of the molecule is N#Cc1cnc2c(NC(c3ccc(F)cc3)c3csnn3)cc(Cl)cc2c1Nc1ccc(F)c(Cl)c1. The Morgan fingerprint density at radius 2 is 1.83 bits per heavy atom. The number of aromatic nitrogens is 3. The van der Waals surface area contributed by atoms with Gasteiger partial charge in [0.15, 0.2) is 0 Å². The first-order valence-electron chi connectivity index (χ1n) is 10.5. The van der Waals surface area contributed by atoms with Crippen LogP contribution in [-0.2, 0) is 0 Å². The van der Waals surface area contributed by atoms with Crippen LogP contribution in [-0.4, -0.2) is 14.6 Å². The Kier molecular flexibility index (Phi) is 6.65. The molecule has 11 heteroatoms. The van der Waals surface area contributed by atoms with E-state index in [9.17, 15) is 14.0 Å². The molecule has 0 spiro atoms. The summed E-state index contributed by atoms with van der Waals surface area (Å²) in [6.45, 7) is 0. The monoisotopic (exact) mass is 538 g/mol. The Morgan fingerprint density at radius 3 is 2.53 bits per heavy atom. The molecule has 2 heterocycles. The van der Waals surface area contributed by atoms with E-state index < -0.39 is 11.9 Å². The summed E-state index contributed by atoms with van der Waals surface area (Å²) < 4.78 is 31.2. The number of nitrogens with one attached hydrogen (secondary N) is 2. The fourth-order valence-electron chi connectivity index (χ4n) is 3.75. The third kappa shape index (κ3) is 4.79. The largest absolute Gasteiger partial charge is 0.371 e. The second-order valence-corrected chi connectivity index (χ2v) is 9.17. The number of halogens is 4. The average molecular weight is 539 g/mol. The van der Waals surface area contributed by atoms with Gasteiger partial charge in [-0.1, -0.05) is 39.8 Å². The highest BCUT2D eigenvalue weighted by molar-refractivity contribution is 7.03. The molecule has 0 saturated heterocycles. The maximum Gasteiger partial charge on any atom is 0.141 e. The van der Waals surface area contributed by atoms with E-state index in [0.717, 1.165) is 5.56 Å². The highest BCUT2D eigenvalue weighted by atomic mass is 35.5.